The first-order valence-electron chi connectivity index (χ1n) is 15.2. The van der Waals surface area contributed by atoms with E-state index in [1.165, 1.54) is 38.5 Å². The fraction of sp³-hybridized carbons (Fsp3) is 1.00. The van der Waals surface area contributed by atoms with Crippen LogP contribution in [-0.4, -0.2) is 148 Å². The average Bonchev–Trinajstić information content (AvgIpc) is 2.94. The zero-order valence-corrected chi connectivity index (χ0v) is 28.6. The van der Waals surface area contributed by atoms with Crippen molar-refractivity contribution in [3.05, 3.63) is 0 Å². The fourth-order valence-corrected chi connectivity index (χ4v) is 5.53. The maximum absolute atomic E-state index is 10.7. The van der Waals surface area contributed by atoms with E-state index < -0.39 is 103 Å². The maximum atomic E-state index is 10.7. The minimum Gasteiger partial charge on any atom is -0.748 e. The van der Waals surface area contributed by atoms with Crippen LogP contribution in [0.15, 0.2) is 0 Å². The van der Waals surface area contributed by atoms with Gasteiger partial charge in [-0.2, -0.15) is 0 Å². The Balaban J connectivity index is 0.00000968. The summed E-state index contributed by atoms with van der Waals surface area (Å²) in [5.74, 6) is -1.08. The summed E-state index contributed by atoms with van der Waals surface area (Å²) in [5.41, 5.74) is 0. The summed E-state index contributed by atoms with van der Waals surface area (Å²) >= 11 is 0. The first-order valence-corrected chi connectivity index (χ1v) is 16.7. The Labute approximate surface area is 281 Å². The molecule has 0 spiro atoms. The van der Waals surface area contributed by atoms with E-state index in [-0.39, 0.29) is 36.2 Å². The SMILES string of the molecule is CCCCCCCCCCCCO[C@@H]1O[C@H](CO[C@H]2O[C@H](COCC(O)CS(=O)(=O)[O-])[C@@H](O)[C@H](O)[C@H]2O)[C@@H](O)[C@H](O)[C@H]1O.[Na+]. The molecule has 2 aliphatic rings. The molecule has 0 amide bonds. The van der Waals surface area contributed by atoms with Crippen molar-refractivity contribution in [2.24, 2.45) is 0 Å². The quantitative estimate of drug-likeness (QED) is 0.0346. The predicted molar refractivity (Wildman–Crippen MR) is 149 cm³/mol. The van der Waals surface area contributed by atoms with E-state index >= 15 is 0 Å². The van der Waals surface area contributed by atoms with Crippen LogP contribution >= 0.6 is 0 Å². The Kier molecular flexibility index (Phi) is 21.4. The predicted octanol–water partition coefficient (Wildman–Crippen LogP) is -4.52. The van der Waals surface area contributed by atoms with E-state index in [9.17, 15) is 48.7 Å². The molecule has 0 aromatic heterocycles. The minimum absolute atomic E-state index is 0. The molecule has 256 valence electrons. The molecule has 0 aromatic carbocycles. The molecule has 1 unspecified atom stereocenters. The van der Waals surface area contributed by atoms with Crippen molar-refractivity contribution in [3.63, 3.8) is 0 Å². The second-order valence-electron chi connectivity index (χ2n) is 11.3. The van der Waals surface area contributed by atoms with Crippen LogP contribution in [0.1, 0.15) is 71.1 Å². The third-order valence-corrected chi connectivity index (χ3v) is 8.32. The fourth-order valence-electron chi connectivity index (χ4n) is 4.97. The van der Waals surface area contributed by atoms with E-state index in [2.05, 4.69) is 6.92 Å². The van der Waals surface area contributed by atoms with Crippen LogP contribution in [0.25, 0.3) is 0 Å². The van der Waals surface area contributed by atoms with Gasteiger partial charge < -0.3 is 64.0 Å². The van der Waals surface area contributed by atoms with E-state index in [1.807, 2.05) is 0 Å². The number of rotatable bonds is 21. The van der Waals surface area contributed by atoms with Crippen LogP contribution in [0, 0.1) is 0 Å². The van der Waals surface area contributed by atoms with Crippen LogP contribution in [0.2, 0.25) is 0 Å². The van der Waals surface area contributed by atoms with Gasteiger partial charge in [0.2, 0.25) is 0 Å². The van der Waals surface area contributed by atoms with E-state index in [0.29, 0.717) is 0 Å². The van der Waals surface area contributed by atoms with Crippen LogP contribution in [0.5, 0.6) is 0 Å². The van der Waals surface area contributed by atoms with E-state index in [0.717, 1.165) is 25.7 Å². The monoisotopic (exact) mass is 670 g/mol. The van der Waals surface area contributed by atoms with Crippen molar-refractivity contribution < 1.29 is 102 Å². The molecular formula is C27H51NaO15S. The molecule has 17 heteroatoms. The van der Waals surface area contributed by atoms with Gasteiger partial charge in [0.15, 0.2) is 12.6 Å². The standard InChI is InChI=1S/C27H52O15S.Na/c1-2-3-4-5-6-7-8-9-10-11-12-39-26-24(33)23(32)21(30)19(42-26)15-40-27-25(34)22(31)20(29)18(41-27)14-38-13-17(28)16-43(35,36)37;/h17-34H,2-16H2,1H3,(H,35,36,37);/q;+1/p-1/t17?,18-,19-,20-,21-,22+,23+,24-,25-,26-,27+;/m1./s1. The summed E-state index contributed by atoms with van der Waals surface area (Å²) in [4.78, 5) is 0. The minimum atomic E-state index is -4.69. The Hall–Kier alpha value is 0.430. The number of aliphatic hydroxyl groups excluding tert-OH is 7. The second kappa shape index (κ2) is 22.1. The van der Waals surface area contributed by atoms with Gasteiger partial charge in [0, 0.05) is 6.61 Å². The molecule has 0 saturated carbocycles. The van der Waals surface area contributed by atoms with Crippen LogP contribution in [0.4, 0.5) is 0 Å². The van der Waals surface area contributed by atoms with Gasteiger partial charge in [0.1, 0.15) is 48.8 Å². The summed E-state index contributed by atoms with van der Waals surface area (Å²) in [6.45, 7) is 0.934. The molecule has 0 aliphatic carbocycles. The number of aliphatic hydroxyl groups is 7. The maximum Gasteiger partial charge on any atom is 1.00 e. The summed E-state index contributed by atoms with van der Waals surface area (Å²) in [6, 6.07) is 0. The molecule has 11 atom stereocenters. The van der Waals surface area contributed by atoms with E-state index in [1.54, 1.807) is 0 Å². The molecular weight excluding hydrogens is 619 g/mol. The van der Waals surface area contributed by atoms with Crippen molar-refractivity contribution in [1.29, 1.82) is 0 Å². The number of ether oxygens (including phenoxy) is 5. The average molecular weight is 671 g/mol. The Morgan fingerprint density at radius 1 is 0.682 bits per heavy atom. The first-order chi connectivity index (χ1) is 20.4. The number of unbranched alkanes of at least 4 members (excludes halogenated alkanes) is 9. The van der Waals surface area contributed by atoms with Crippen LogP contribution < -0.4 is 29.6 Å². The van der Waals surface area contributed by atoms with Gasteiger partial charge in [-0.25, -0.2) is 8.42 Å². The van der Waals surface area contributed by atoms with Crippen LogP contribution in [0.3, 0.4) is 0 Å². The Morgan fingerprint density at radius 2 is 1.14 bits per heavy atom. The van der Waals surface area contributed by atoms with Gasteiger partial charge in [0.05, 0.1) is 41.8 Å². The zero-order chi connectivity index (χ0) is 32.0. The molecule has 2 heterocycles. The molecule has 2 rings (SSSR count). The molecule has 0 aromatic rings. The second-order valence-corrected chi connectivity index (χ2v) is 12.8. The summed E-state index contributed by atoms with van der Waals surface area (Å²) in [6.07, 6.45) is -5.44. The van der Waals surface area contributed by atoms with Crippen molar-refractivity contribution in [3.8, 4) is 0 Å². The topological polar surface area (TPSA) is 245 Å². The van der Waals surface area contributed by atoms with Gasteiger partial charge in [0.25, 0.3) is 0 Å². The Bertz CT molecular complexity index is 855. The summed E-state index contributed by atoms with van der Waals surface area (Å²) in [5, 5.41) is 71.4. The van der Waals surface area contributed by atoms with Crippen molar-refractivity contribution >= 4 is 10.1 Å². The summed E-state index contributed by atoms with van der Waals surface area (Å²) in [7, 11) is -4.69. The molecule has 0 bridgehead atoms. The molecule has 2 fully saturated rings. The molecule has 44 heavy (non-hydrogen) atoms. The molecule has 2 saturated heterocycles. The van der Waals surface area contributed by atoms with Crippen molar-refractivity contribution in [2.45, 2.75) is 139 Å². The van der Waals surface area contributed by atoms with E-state index in [4.69, 9.17) is 23.7 Å². The molecule has 2 aliphatic heterocycles. The third-order valence-electron chi connectivity index (χ3n) is 7.53. The van der Waals surface area contributed by atoms with Crippen LogP contribution in [-0.2, 0) is 33.8 Å². The van der Waals surface area contributed by atoms with Gasteiger partial charge >= 0.3 is 29.6 Å². The van der Waals surface area contributed by atoms with Gasteiger partial charge in [-0.1, -0.05) is 64.7 Å². The van der Waals surface area contributed by atoms with Gasteiger partial charge in [-0.05, 0) is 6.42 Å². The zero-order valence-electron chi connectivity index (χ0n) is 25.8. The molecule has 0 radical (unpaired) electrons. The summed E-state index contributed by atoms with van der Waals surface area (Å²) < 4.78 is 59.5. The van der Waals surface area contributed by atoms with Gasteiger partial charge in [-0.15, -0.1) is 0 Å². The largest absolute Gasteiger partial charge is 1.00 e. The first kappa shape index (κ1) is 42.5. The normalized spacial score (nSPS) is 33.6. The third kappa shape index (κ3) is 15.1. The smallest absolute Gasteiger partial charge is 0.748 e. The van der Waals surface area contributed by atoms with Gasteiger partial charge in [-0.3, -0.25) is 0 Å². The Morgan fingerprint density at radius 3 is 1.64 bits per heavy atom. The molecule has 15 nitrogen and oxygen atoms in total. The number of hydrogen-bond acceptors (Lipinski definition) is 15. The molecule has 7 N–H and O–H groups in total. The van der Waals surface area contributed by atoms with Crippen molar-refractivity contribution in [1.82, 2.24) is 0 Å². The van der Waals surface area contributed by atoms with Crippen molar-refractivity contribution in [2.75, 3.05) is 32.2 Å². The number of hydrogen-bond donors (Lipinski definition) is 7.